The fourth-order valence-corrected chi connectivity index (χ4v) is 3.36. The van der Waals surface area contributed by atoms with E-state index in [2.05, 4.69) is 24.1 Å². The van der Waals surface area contributed by atoms with Crippen molar-refractivity contribution in [3.05, 3.63) is 0 Å². The molecule has 0 aromatic heterocycles. The summed E-state index contributed by atoms with van der Waals surface area (Å²) in [6.45, 7) is 7.43. The van der Waals surface area contributed by atoms with Crippen LogP contribution in [0.3, 0.4) is 0 Å². The lowest BCUT2D eigenvalue weighted by Crippen LogP contribution is -2.50. The molecule has 0 radical (unpaired) electrons. The van der Waals surface area contributed by atoms with Crippen molar-refractivity contribution >= 4 is 18.3 Å². The van der Waals surface area contributed by atoms with Gasteiger partial charge in [0, 0.05) is 19.1 Å². The van der Waals surface area contributed by atoms with Crippen molar-refractivity contribution in [3.63, 3.8) is 0 Å². The van der Waals surface area contributed by atoms with E-state index < -0.39 is 0 Å². The standard InChI is InChI=1S/C14H26N2O.ClH/c1-3-5-13-11(2)6-4-9-16(13)14(17)12-7-8-15-10-12;/h11-13,15H,3-10H2,1-2H3;1H. The van der Waals surface area contributed by atoms with E-state index in [0.29, 0.717) is 17.9 Å². The van der Waals surface area contributed by atoms with Gasteiger partial charge in [0.25, 0.3) is 0 Å². The Morgan fingerprint density at radius 2 is 2.17 bits per heavy atom. The first kappa shape index (κ1) is 15.8. The Kier molecular flexibility index (Phi) is 6.44. The molecule has 3 unspecified atom stereocenters. The summed E-state index contributed by atoms with van der Waals surface area (Å²) in [5, 5.41) is 3.30. The molecule has 0 saturated carbocycles. The van der Waals surface area contributed by atoms with Gasteiger partial charge in [-0.1, -0.05) is 20.3 Å². The van der Waals surface area contributed by atoms with Crippen molar-refractivity contribution < 1.29 is 4.79 Å². The van der Waals surface area contributed by atoms with E-state index in [9.17, 15) is 4.79 Å². The van der Waals surface area contributed by atoms with Crippen molar-refractivity contribution in [2.75, 3.05) is 19.6 Å². The number of carbonyl (C=O) groups excluding carboxylic acids is 1. The van der Waals surface area contributed by atoms with Gasteiger partial charge >= 0.3 is 0 Å². The summed E-state index contributed by atoms with van der Waals surface area (Å²) in [4.78, 5) is 14.7. The first-order chi connectivity index (χ1) is 8.24. The lowest BCUT2D eigenvalue weighted by molar-refractivity contribution is -0.140. The van der Waals surface area contributed by atoms with Gasteiger partial charge in [0.15, 0.2) is 0 Å². The number of nitrogens with zero attached hydrogens (tertiary/aromatic N) is 1. The fraction of sp³-hybridized carbons (Fsp3) is 0.929. The van der Waals surface area contributed by atoms with Crippen LogP contribution >= 0.6 is 12.4 Å². The van der Waals surface area contributed by atoms with Gasteiger partial charge in [-0.3, -0.25) is 4.79 Å². The van der Waals surface area contributed by atoms with Crippen molar-refractivity contribution in [1.82, 2.24) is 10.2 Å². The molecule has 4 heteroatoms. The summed E-state index contributed by atoms with van der Waals surface area (Å²) >= 11 is 0. The van der Waals surface area contributed by atoms with Gasteiger partial charge in [-0.25, -0.2) is 0 Å². The third-order valence-corrected chi connectivity index (χ3v) is 4.39. The molecular weight excluding hydrogens is 248 g/mol. The summed E-state index contributed by atoms with van der Waals surface area (Å²) in [6, 6.07) is 0.502. The third-order valence-electron chi connectivity index (χ3n) is 4.39. The minimum Gasteiger partial charge on any atom is -0.339 e. The molecule has 1 N–H and O–H groups in total. The van der Waals surface area contributed by atoms with Gasteiger partial charge in [-0.05, 0) is 38.1 Å². The molecule has 2 fully saturated rings. The van der Waals surface area contributed by atoms with E-state index in [0.717, 1.165) is 26.1 Å². The number of hydrogen-bond donors (Lipinski definition) is 1. The summed E-state index contributed by atoms with van der Waals surface area (Å²) in [5.41, 5.74) is 0. The normalized spacial score (nSPS) is 32.1. The van der Waals surface area contributed by atoms with Crippen LogP contribution in [-0.4, -0.2) is 36.5 Å². The summed E-state index contributed by atoms with van der Waals surface area (Å²) in [6.07, 6.45) is 5.86. The highest BCUT2D eigenvalue weighted by Gasteiger charge is 2.35. The van der Waals surface area contributed by atoms with Crippen LogP contribution in [0.4, 0.5) is 0 Å². The second kappa shape index (κ2) is 7.34. The summed E-state index contributed by atoms with van der Waals surface area (Å²) < 4.78 is 0. The maximum absolute atomic E-state index is 12.5. The van der Waals surface area contributed by atoms with Crippen LogP contribution in [0, 0.1) is 11.8 Å². The molecule has 2 aliphatic rings. The van der Waals surface area contributed by atoms with E-state index >= 15 is 0 Å². The SMILES string of the molecule is CCCC1C(C)CCCN1C(=O)C1CCNC1.Cl. The Balaban J connectivity index is 0.00000162. The molecule has 2 heterocycles. The summed E-state index contributed by atoms with van der Waals surface area (Å²) in [5.74, 6) is 1.35. The number of piperidine rings is 1. The van der Waals surface area contributed by atoms with E-state index in [1.54, 1.807) is 0 Å². The Labute approximate surface area is 117 Å². The second-order valence-electron chi connectivity index (χ2n) is 5.70. The molecule has 2 saturated heterocycles. The van der Waals surface area contributed by atoms with Crippen LogP contribution < -0.4 is 5.32 Å². The van der Waals surface area contributed by atoms with Gasteiger partial charge in [0.05, 0.1) is 5.92 Å². The molecule has 0 spiro atoms. The number of carbonyl (C=O) groups is 1. The molecule has 2 rings (SSSR count). The molecule has 0 aromatic rings. The predicted octanol–water partition coefficient (Wildman–Crippen LogP) is 2.44. The number of rotatable bonds is 3. The summed E-state index contributed by atoms with van der Waals surface area (Å²) in [7, 11) is 0. The van der Waals surface area contributed by atoms with E-state index in [1.165, 1.54) is 25.7 Å². The molecule has 0 bridgehead atoms. The minimum atomic E-state index is 0. The van der Waals surface area contributed by atoms with Gasteiger partial charge in [-0.15, -0.1) is 12.4 Å². The predicted molar refractivity (Wildman–Crippen MR) is 77.0 cm³/mol. The topological polar surface area (TPSA) is 32.3 Å². The van der Waals surface area contributed by atoms with Gasteiger partial charge in [0.1, 0.15) is 0 Å². The molecule has 2 aliphatic heterocycles. The number of hydrogen-bond acceptors (Lipinski definition) is 2. The maximum atomic E-state index is 12.5. The quantitative estimate of drug-likeness (QED) is 0.857. The number of nitrogens with one attached hydrogen (secondary N) is 1. The number of likely N-dealkylation sites (tertiary alicyclic amines) is 1. The molecule has 1 amide bonds. The van der Waals surface area contributed by atoms with Crippen molar-refractivity contribution in [2.45, 2.75) is 52.0 Å². The Morgan fingerprint density at radius 3 is 2.78 bits per heavy atom. The largest absolute Gasteiger partial charge is 0.339 e. The smallest absolute Gasteiger partial charge is 0.227 e. The highest BCUT2D eigenvalue weighted by atomic mass is 35.5. The van der Waals surface area contributed by atoms with Gasteiger partial charge in [-0.2, -0.15) is 0 Å². The number of halogens is 1. The van der Waals surface area contributed by atoms with Gasteiger partial charge in [0.2, 0.25) is 5.91 Å². The van der Waals surface area contributed by atoms with Crippen molar-refractivity contribution in [3.8, 4) is 0 Å². The van der Waals surface area contributed by atoms with Crippen LogP contribution in [0.15, 0.2) is 0 Å². The Morgan fingerprint density at radius 1 is 1.39 bits per heavy atom. The van der Waals surface area contributed by atoms with Crippen molar-refractivity contribution in [2.24, 2.45) is 11.8 Å². The van der Waals surface area contributed by atoms with Crippen LogP contribution in [0.25, 0.3) is 0 Å². The molecule has 0 aromatic carbocycles. The molecule has 0 aliphatic carbocycles. The van der Waals surface area contributed by atoms with Crippen LogP contribution in [0.1, 0.15) is 46.0 Å². The Bertz CT molecular complexity index is 267. The molecule has 3 atom stereocenters. The Hall–Kier alpha value is -0.280. The third kappa shape index (κ3) is 3.39. The average molecular weight is 275 g/mol. The van der Waals surface area contributed by atoms with E-state index in [1.807, 2.05) is 0 Å². The zero-order chi connectivity index (χ0) is 12.3. The van der Waals surface area contributed by atoms with Gasteiger partial charge < -0.3 is 10.2 Å². The van der Waals surface area contributed by atoms with Crippen molar-refractivity contribution in [1.29, 1.82) is 0 Å². The highest BCUT2D eigenvalue weighted by Crippen LogP contribution is 2.28. The molecule has 3 nitrogen and oxygen atoms in total. The zero-order valence-corrected chi connectivity index (χ0v) is 12.5. The van der Waals surface area contributed by atoms with Crippen LogP contribution in [0.5, 0.6) is 0 Å². The lowest BCUT2D eigenvalue weighted by Gasteiger charge is -2.41. The fourth-order valence-electron chi connectivity index (χ4n) is 3.36. The molecule has 106 valence electrons. The van der Waals surface area contributed by atoms with Crippen LogP contribution in [-0.2, 0) is 4.79 Å². The average Bonchev–Trinajstić information content (AvgIpc) is 2.85. The van der Waals surface area contributed by atoms with E-state index in [-0.39, 0.29) is 18.3 Å². The molecule has 18 heavy (non-hydrogen) atoms. The second-order valence-corrected chi connectivity index (χ2v) is 5.70. The zero-order valence-electron chi connectivity index (χ0n) is 11.7. The van der Waals surface area contributed by atoms with Crippen LogP contribution in [0.2, 0.25) is 0 Å². The minimum absolute atomic E-state index is 0. The highest BCUT2D eigenvalue weighted by molar-refractivity contribution is 5.85. The number of amides is 1. The first-order valence-corrected chi connectivity index (χ1v) is 7.25. The van der Waals surface area contributed by atoms with E-state index in [4.69, 9.17) is 0 Å². The lowest BCUT2D eigenvalue weighted by atomic mass is 9.87. The maximum Gasteiger partial charge on any atom is 0.227 e. The molecular formula is C14H27ClN2O. The first-order valence-electron chi connectivity index (χ1n) is 7.25. The monoisotopic (exact) mass is 274 g/mol.